The van der Waals surface area contributed by atoms with Crippen LogP contribution in [-0.4, -0.2) is 15.4 Å². The Morgan fingerprint density at radius 3 is 2.78 bits per heavy atom. The highest BCUT2D eigenvalue weighted by molar-refractivity contribution is 9.10. The zero-order chi connectivity index (χ0) is 16.6. The Morgan fingerprint density at radius 2 is 2.09 bits per heavy atom. The van der Waals surface area contributed by atoms with Crippen molar-refractivity contribution >= 4 is 49.1 Å². The van der Waals surface area contributed by atoms with Crippen LogP contribution in [0.25, 0.3) is 10.2 Å². The molecule has 0 radical (unpaired) electrons. The van der Waals surface area contributed by atoms with Crippen LogP contribution in [0.5, 0.6) is 0 Å². The minimum absolute atomic E-state index is 0.0178. The lowest BCUT2D eigenvalue weighted by molar-refractivity contribution is -0.384. The zero-order valence-electron chi connectivity index (χ0n) is 11.9. The molecule has 23 heavy (non-hydrogen) atoms. The fourth-order valence-electron chi connectivity index (χ4n) is 2.12. The molecule has 8 heteroatoms. The van der Waals surface area contributed by atoms with Gasteiger partial charge in [-0.05, 0) is 24.3 Å². The molecule has 3 aromatic rings. The number of fused-ring (bicyclic) bond motifs is 1. The summed E-state index contributed by atoms with van der Waals surface area (Å²) in [6.45, 7) is 0. The van der Waals surface area contributed by atoms with Crippen molar-refractivity contribution in [2.24, 2.45) is 12.0 Å². The van der Waals surface area contributed by atoms with E-state index in [1.165, 1.54) is 23.5 Å². The predicted octanol–water partition coefficient (Wildman–Crippen LogP) is 3.65. The van der Waals surface area contributed by atoms with Crippen molar-refractivity contribution in [1.29, 1.82) is 0 Å². The molecule has 1 heterocycles. The van der Waals surface area contributed by atoms with Crippen molar-refractivity contribution in [2.45, 2.75) is 0 Å². The van der Waals surface area contributed by atoms with E-state index in [2.05, 4.69) is 20.9 Å². The molecule has 0 spiro atoms. The maximum Gasteiger partial charge on any atom is 0.279 e. The number of aryl methyl sites for hydroxylation is 1. The predicted molar refractivity (Wildman–Crippen MR) is 91.5 cm³/mol. The summed E-state index contributed by atoms with van der Waals surface area (Å²) in [7, 11) is 1.78. The van der Waals surface area contributed by atoms with E-state index in [1.54, 1.807) is 35.9 Å². The highest BCUT2D eigenvalue weighted by Crippen LogP contribution is 2.22. The number of nitro benzene ring substituents is 1. The second-order valence-corrected chi connectivity index (χ2v) is 6.70. The van der Waals surface area contributed by atoms with Crippen LogP contribution in [-0.2, 0) is 7.05 Å². The van der Waals surface area contributed by atoms with E-state index in [9.17, 15) is 14.9 Å². The van der Waals surface area contributed by atoms with Crippen LogP contribution in [0, 0.1) is 10.1 Å². The highest BCUT2D eigenvalue weighted by Gasteiger charge is 2.11. The van der Waals surface area contributed by atoms with Crippen LogP contribution in [0.4, 0.5) is 5.69 Å². The molecule has 116 valence electrons. The largest absolute Gasteiger partial charge is 0.319 e. The topological polar surface area (TPSA) is 77.5 Å². The Hall–Kier alpha value is -2.32. The van der Waals surface area contributed by atoms with Gasteiger partial charge in [0.05, 0.1) is 15.1 Å². The number of aromatic nitrogens is 1. The molecule has 0 aliphatic carbocycles. The number of carbonyl (C=O) groups excluding carboxylic acids is 1. The maximum atomic E-state index is 12.3. The third-order valence-electron chi connectivity index (χ3n) is 3.27. The van der Waals surface area contributed by atoms with Crippen molar-refractivity contribution in [3.8, 4) is 0 Å². The Morgan fingerprint density at radius 1 is 1.30 bits per heavy atom. The number of hydrogen-bond acceptors (Lipinski definition) is 4. The van der Waals surface area contributed by atoms with Crippen LogP contribution < -0.4 is 4.80 Å². The summed E-state index contributed by atoms with van der Waals surface area (Å²) in [6, 6.07) is 11.6. The molecule has 2 aromatic carbocycles. The van der Waals surface area contributed by atoms with Gasteiger partial charge in [-0.3, -0.25) is 14.9 Å². The van der Waals surface area contributed by atoms with Crippen LogP contribution in [0.2, 0.25) is 0 Å². The van der Waals surface area contributed by atoms with Crippen molar-refractivity contribution in [2.75, 3.05) is 0 Å². The van der Waals surface area contributed by atoms with Gasteiger partial charge in [0.1, 0.15) is 0 Å². The minimum Gasteiger partial charge on any atom is -0.319 e. The molecule has 1 aromatic heterocycles. The smallest absolute Gasteiger partial charge is 0.279 e. The standard InChI is InChI=1S/C15H10BrN3O3S/c1-18-12-6-5-11(19(21)22)8-13(12)23-15(18)17-14(20)9-3-2-4-10(16)7-9/h2-8H,1H3. The average molecular weight is 392 g/mol. The van der Waals surface area contributed by atoms with E-state index < -0.39 is 4.92 Å². The lowest BCUT2D eigenvalue weighted by Crippen LogP contribution is -2.13. The summed E-state index contributed by atoms with van der Waals surface area (Å²) < 4.78 is 3.26. The van der Waals surface area contributed by atoms with E-state index in [-0.39, 0.29) is 11.6 Å². The number of thiazole rings is 1. The van der Waals surface area contributed by atoms with E-state index in [0.29, 0.717) is 15.1 Å². The number of nitro groups is 1. The highest BCUT2D eigenvalue weighted by atomic mass is 79.9. The Labute approximate surface area is 143 Å². The lowest BCUT2D eigenvalue weighted by Gasteiger charge is -1.97. The SMILES string of the molecule is Cn1c(=NC(=O)c2cccc(Br)c2)sc2cc([N+](=O)[O-])ccc21. The summed E-state index contributed by atoms with van der Waals surface area (Å²) in [5.74, 6) is -0.358. The van der Waals surface area contributed by atoms with Crippen LogP contribution in [0.1, 0.15) is 10.4 Å². The quantitative estimate of drug-likeness (QED) is 0.493. The summed E-state index contributed by atoms with van der Waals surface area (Å²) in [4.78, 5) is 27.3. The number of halogens is 1. The van der Waals surface area contributed by atoms with E-state index in [1.807, 2.05) is 6.07 Å². The molecule has 1 amide bonds. The molecular weight excluding hydrogens is 382 g/mol. The average Bonchev–Trinajstić information content (AvgIpc) is 2.83. The molecule has 0 atom stereocenters. The van der Waals surface area contributed by atoms with Crippen molar-refractivity contribution in [1.82, 2.24) is 4.57 Å². The second-order valence-electron chi connectivity index (χ2n) is 4.78. The molecule has 3 rings (SSSR count). The van der Waals surface area contributed by atoms with Gasteiger partial charge in [-0.2, -0.15) is 4.99 Å². The van der Waals surface area contributed by atoms with E-state index >= 15 is 0 Å². The number of rotatable bonds is 2. The third-order valence-corrected chi connectivity index (χ3v) is 4.86. The molecule has 0 bridgehead atoms. The van der Waals surface area contributed by atoms with Gasteiger partial charge < -0.3 is 4.57 Å². The van der Waals surface area contributed by atoms with Gasteiger partial charge in [-0.15, -0.1) is 0 Å². The lowest BCUT2D eigenvalue weighted by atomic mass is 10.2. The second kappa shape index (κ2) is 6.05. The number of amides is 1. The number of hydrogen-bond donors (Lipinski definition) is 0. The summed E-state index contributed by atoms with van der Waals surface area (Å²) in [5.41, 5.74) is 1.29. The first-order valence-electron chi connectivity index (χ1n) is 6.54. The van der Waals surface area contributed by atoms with E-state index in [0.717, 1.165) is 9.99 Å². The Kier molecular flexibility index (Phi) is 4.10. The molecule has 0 saturated carbocycles. The number of benzene rings is 2. The molecule has 0 aliphatic heterocycles. The van der Waals surface area contributed by atoms with Crippen LogP contribution in [0.15, 0.2) is 51.9 Å². The van der Waals surface area contributed by atoms with Gasteiger partial charge in [0.25, 0.3) is 11.6 Å². The number of carbonyl (C=O) groups is 1. The van der Waals surface area contributed by atoms with Gasteiger partial charge in [-0.1, -0.05) is 33.3 Å². The fourth-order valence-corrected chi connectivity index (χ4v) is 3.56. The normalized spacial score (nSPS) is 11.8. The van der Waals surface area contributed by atoms with Crippen molar-refractivity contribution < 1.29 is 9.72 Å². The Bertz CT molecular complexity index is 1010. The Balaban J connectivity index is 2.10. The molecule has 0 fully saturated rings. The molecule has 0 unspecified atom stereocenters. The summed E-state index contributed by atoms with van der Waals surface area (Å²) in [6.07, 6.45) is 0. The minimum atomic E-state index is -0.442. The van der Waals surface area contributed by atoms with Gasteiger partial charge >= 0.3 is 0 Å². The monoisotopic (exact) mass is 391 g/mol. The van der Waals surface area contributed by atoms with Crippen molar-refractivity contribution in [3.63, 3.8) is 0 Å². The number of non-ortho nitro benzene ring substituents is 1. The third kappa shape index (κ3) is 3.08. The number of nitrogens with zero attached hydrogens (tertiary/aromatic N) is 3. The van der Waals surface area contributed by atoms with Gasteiger partial charge in [-0.25, -0.2) is 0 Å². The van der Waals surface area contributed by atoms with Gasteiger partial charge in [0, 0.05) is 29.2 Å². The first-order valence-corrected chi connectivity index (χ1v) is 8.15. The molecule has 0 N–H and O–H groups in total. The molecular formula is C15H10BrN3O3S. The van der Waals surface area contributed by atoms with Crippen LogP contribution >= 0.6 is 27.3 Å². The summed E-state index contributed by atoms with van der Waals surface area (Å²) in [5, 5.41) is 10.9. The van der Waals surface area contributed by atoms with Gasteiger partial charge in [0.2, 0.25) is 0 Å². The van der Waals surface area contributed by atoms with Gasteiger partial charge in [0.15, 0.2) is 4.80 Å². The molecule has 0 saturated heterocycles. The van der Waals surface area contributed by atoms with Crippen molar-refractivity contribution in [3.05, 3.63) is 67.4 Å². The summed E-state index contributed by atoms with van der Waals surface area (Å²) >= 11 is 4.56. The first-order chi connectivity index (χ1) is 11.0. The molecule has 0 aliphatic rings. The fraction of sp³-hybridized carbons (Fsp3) is 0.0667. The maximum absolute atomic E-state index is 12.3. The van der Waals surface area contributed by atoms with E-state index in [4.69, 9.17) is 0 Å². The molecule has 6 nitrogen and oxygen atoms in total. The van der Waals surface area contributed by atoms with Crippen LogP contribution in [0.3, 0.4) is 0 Å². The zero-order valence-corrected chi connectivity index (χ0v) is 14.3. The first kappa shape index (κ1) is 15.6.